The molecule has 1 aromatic heterocycles. The zero-order valence-electron chi connectivity index (χ0n) is 13.6. The second-order valence-electron chi connectivity index (χ2n) is 5.77. The lowest BCUT2D eigenvalue weighted by molar-refractivity contribution is 0.0743. The topological polar surface area (TPSA) is 67.4 Å². The molecule has 2 rings (SSSR count). The van der Waals surface area contributed by atoms with E-state index in [1.165, 1.54) is 6.42 Å². The number of likely N-dealkylation sites (tertiary alicyclic amines) is 1. The fourth-order valence-corrected chi connectivity index (χ4v) is 3.15. The lowest BCUT2D eigenvalue weighted by Gasteiger charge is -2.28. The van der Waals surface area contributed by atoms with Crippen molar-refractivity contribution in [2.24, 2.45) is 0 Å². The highest BCUT2D eigenvalue weighted by Gasteiger charge is 2.28. The molecule has 0 aliphatic carbocycles. The Labute approximate surface area is 126 Å². The van der Waals surface area contributed by atoms with E-state index in [0.717, 1.165) is 31.7 Å². The number of anilines is 1. The molecule has 1 amide bonds. The Hall–Kier alpha value is -1.56. The first kappa shape index (κ1) is 15.8. The van der Waals surface area contributed by atoms with Crippen molar-refractivity contribution in [3.05, 3.63) is 11.4 Å². The van der Waals surface area contributed by atoms with E-state index in [2.05, 4.69) is 16.9 Å². The molecular formula is C15H27N5O. The molecular weight excluding hydrogens is 266 g/mol. The largest absolute Gasteiger partial charge is 0.395 e. The number of rotatable bonds is 5. The van der Waals surface area contributed by atoms with Crippen LogP contribution in [0.5, 0.6) is 0 Å². The van der Waals surface area contributed by atoms with Gasteiger partial charge in [-0.15, -0.1) is 0 Å². The molecule has 1 aromatic rings. The minimum absolute atomic E-state index is 0.0297. The number of aryl methyl sites for hydroxylation is 2. The van der Waals surface area contributed by atoms with Crippen molar-refractivity contribution in [2.75, 3.05) is 32.4 Å². The van der Waals surface area contributed by atoms with Gasteiger partial charge in [-0.05, 0) is 39.8 Å². The highest BCUT2D eigenvalue weighted by molar-refractivity contribution is 5.97. The summed E-state index contributed by atoms with van der Waals surface area (Å²) in [6.45, 7) is 9.57. The molecule has 0 saturated carbocycles. The molecule has 1 fully saturated rings. The van der Waals surface area contributed by atoms with Gasteiger partial charge in [-0.25, -0.2) is 0 Å². The van der Waals surface area contributed by atoms with Crippen molar-refractivity contribution in [2.45, 2.75) is 46.2 Å². The SMILES string of the molecule is CCN1CCCC1CN(C)C(=O)c1c(N)c(C)nn1CC. The van der Waals surface area contributed by atoms with Crippen molar-refractivity contribution in [3.63, 3.8) is 0 Å². The van der Waals surface area contributed by atoms with E-state index in [0.29, 0.717) is 24.0 Å². The van der Waals surface area contributed by atoms with Crippen LogP contribution in [-0.2, 0) is 6.54 Å². The first-order chi connectivity index (χ1) is 9.99. The lowest BCUT2D eigenvalue weighted by Crippen LogP contribution is -2.41. The van der Waals surface area contributed by atoms with E-state index >= 15 is 0 Å². The summed E-state index contributed by atoms with van der Waals surface area (Å²) in [4.78, 5) is 16.9. The van der Waals surface area contributed by atoms with Crippen LogP contribution in [0, 0.1) is 6.92 Å². The maximum Gasteiger partial charge on any atom is 0.274 e. The molecule has 0 bridgehead atoms. The van der Waals surface area contributed by atoms with Crippen LogP contribution >= 0.6 is 0 Å². The van der Waals surface area contributed by atoms with Gasteiger partial charge in [0.1, 0.15) is 5.69 Å². The van der Waals surface area contributed by atoms with Gasteiger partial charge in [0.15, 0.2) is 0 Å². The van der Waals surface area contributed by atoms with Crippen LogP contribution in [0.1, 0.15) is 42.9 Å². The Balaban J connectivity index is 2.12. The smallest absolute Gasteiger partial charge is 0.274 e. The number of carbonyl (C=O) groups is 1. The van der Waals surface area contributed by atoms with Gasteiger partial charge in [-0.1, -0.05) is 6.92 Å². The summed E-state index contributed by atoms with van der Waals surface area (Å²) in [6.07, 6.45) is 2.38. The van der Waals surface area contributed by atoms with E-state index in [9.17, 15) is 4.79 Å². The summed E-state index contributed by atoms with van der Waals surface area (Å²) in [5.74, 6) is -0.0297. The van der Waals surface area contributed by atoms with Crippen LogP contribution < -0.4 is 5.73 Å². The molecule has 1 aliphatic rings. The first-order valence-corrected chi connectivity index (χ1v) is 7.81. The molecule has 0 aromatic carbocycles. The quantitative estimate of drug-likeness (QED) is 0.890. The van der Waals surface area contributed by atoms with E-state index in [1.807, 2.05) is 20.9 Å². The molecule has 0 radical (unpaired) electrons. The molecule has 6 nitrogen and oxygen atoms in total. The number of hydrogen-bond donors (Lipinski definition) is 1. The Kier molecular flexibility index (Phi) is 4.88. The molecule has 2 heterocycles. The average Bonchev–Trinajstić information content (AvgIpc) is 3.03. The lowest BCUT2D eigenvalue weighted by atomic mass is 10.2. The van der Waals surface area contributed by atoms with Gasteiger partial charge in [-0.3, -0.25) is 14.4 Å². The van der Waals surface area contributed by atoms with Crippen LogP contribution in [0.15, 0.2) is 0 Å². The predicted octanol–water partition coefficient (Wildman–Crippen LogP) is 1.35. The number of amides is 1. The molecule has 2 N–H and O–H groups in total. The molecule has 118 valence electrons. The zero-order chi connectivity index (χ0) is 15.6. The summed E-state index contributed by atoms with van der Waals surface area (Å²) in [5, 5.41) is 4.33. The van der Waals surface area contributed by atoms with Crippen molar-refractivity contribution in [1.29, 1.82) is 0 Å². The van der Waals surface area contributed by atoms with Gasteiger partial charge >= 0.3 is 0 Å². The molecule has 1 atom stereocenters. The van der Waals surface area contributed by atoms with Crippen molar-refractivity contribution >= 4 is 11.6 Å². The number of nitrogens with zero attached hydrogens (tertiary/aromatic N) is 4. The van der Waals surface area contributed by atoms with E-state index in [-0.39, 0.29) is 5.91 Å². The monoisotopic (exact) mass is 293 g/mol. The molecule has 1 aliphatic heterocycles. The van der Waals surface area contributed by atoms with E-state index in [1.54, 1.807) is 9.58 Å². The third-order valence-electron chi connectivity index (χ3n) is 4.41. The Morgan fingerprint density at radius 2 is 2.14 bits per heavy atom. The van der Waals surface area contributed by atoms with Crippen LogP contribution in [0.25, 0.3) is 0 Å². The van der Waals surface area contributed by atoms with Crippen molar-refractivity contribution < 1.29 is 4.79 Å². The van der Waals surface area contributed by atoms with Gasteiger partial charge < -0.3 is 10.6 Å². The van der Waals surface area contributed by atoms with Crippen LogP contribution in [0.2, 0.25) is 0 Å². The summed E-state index contributed by atoms with van der Waals surface area (Å²) in [5.41, 5.74) is 7.80. The van der Waals surface area contributed by atoms with Gasteiger partial charge in [0, 0.05) is 26.2 Å². The molecule has 0 spiro atoms. The Morgan fingerprint density at radius 1 is 1.43 bits per heavy atom. The maximum absolute atomic E-state index is 12.7. The van der Waals surface area contributed by atoms with Gasteiger partial charge in [-0.2, -0.15) is 5.10 Å². The summed E-state index contributed by atoms with van der Waals surface area (Å²) < 4.78 is 1.70. The predicted molar refractivity (Wildman–Crippen MR) is 84.3 cm³/mol. The van der Waals surface area contributed by atoms with Crippen LogP contribution in [0.3, 0.4) is 0 Å². The number of aromatic nitrogens is 2. The third kappa shape index (κ3) is 3.05. The molecule has 6 heteroatoms. The highest BCUT2D eigenvalue weighted by atomic mass is 16.2. The number of likely N-dealkylation sites (N-methyl/N-ethyl adjacent to an activating group) is 2. The molecule has 21 heavy (non-hydrogen) atoms. The minimum Gasteiger partial charge on any atom is -0.395 e. The minimum atomic E-state index is -0.0297. The maximum atomic E-state index is 12.7. The fourth-order valence-electron chi connectivity index (χ4n) is 3.15. The van der Waals surface area contributed by atoms with E-state index < -0.39 is 0 Å². The summed E-state index contributed by atoms with van der Waals surface area (Å²) >= 11 is 0. The average molecular weight is 293 g/mol. The molecule has 1 saturated heterocycles. The second kappa shape index (κ2) is 6.47. The number of carbonyl (C=O) groups excluding carboxylic acids is 1. The molecule has 1 unspecified atom stereocenters. The van der Waals surface area contributed by atoms with Gasteiger partial charge in [0.2, 0.25) is 0 Å². The van der Waals surface area contributed by atoms with Crippen LogP contribution in [0.4, 0.5) is 5.69 Å². The number of hydrogen-bond acceptors (Lipinski definition) is 4. The second-order valence-corrected chi connectivity index (χ2v) is 5.77. The Morgan fingerprint density at radius 3 is 2.76 bits per heavy atom. The third-order valence-corrected chi connectivity index (χ3v) is 4.41. The number of nitrogen functional groups attached to an aromatic ring is 1. The zero-order valence-corrected chi connectivity index (χ0v) is 13.6. The van der Waals surface area contributed by atoms with Crippen molar-refractivity contribution in [3.8, 4) is 0 Å². The van der Waals surface area contributed by atoms with E-state index in [4.69, 9.17) is 5.73 Å². The fraction of sp³-hybridized carbons (Fsp3) is 0.733. The van der Waals surface area contributed by atoms with Gasteiger partial charge in [0.25, 0.3) is 5.91 Å². The first-order valence-electron chi connectivity index (χ1n) is 7.81. The number of nitrogens with two attached hydrogens (primary N) is 1. The normalized spacial score (nSPS) is 19.1. The standard InChI is InChI=1S/C15H27N5O/c1-5-19-9-7-8-12(19)10-18(4)15(21)14-13(16)11(3)17-20(14)6-2/h12H,5-10,16H2,1-4H3. The van der Waals surface area contributed by atoms with Gasteiger partial charge in [0.05, 0.1) is 11.4 Å². The van der Waals surface area contributed by atoms with Crippen molar-refractivity contribution in [1.82, 2.24) is 19.6 Å². The highest BCUT2D eigenvalue weighted by Crippen LogP contribution is 2.21. The Bertz CT molecular complexity index is 510. The van der Waals surface area contributed by atoms with Crippen LogP contribution in [-0.4, -0.2) is 58.2 Å². The summed E-state index contributed by atoms with van der Waals surface area (Å²) in [7, 11) is 1.86. The summed E-state index contributed by atoms with van der Waals surface area (Å²) in [6, 6.07) is 0.462.